The van der Waals surface area contributed by atoms with Crippen LogP contribution in [0.5, 0.6) is 0 Å². The van der Waals surface area contributed by atoms with E-state index in [-0.39, 0.29) is 6.42 Å². The monoisotopic (exact) mass is 238 g/mol. The van der Waals surface area contributed by atoms with E-state index in [2.05, 4.69) is 9.97 Å². The highest BCUT2D eigenvalue weighted by molar-refractivity contribution is 5.71. The van der Waals surface area contributed by atoms with Crippen LogP contribution in [0.2, 0.25) is 0 Å². The highest BCUT2D eigenvalue weighted by Crippen LogP contribution is 2.15. The molecule has 1 aromatic heterocycles. The van der Waals surface area contributed by atoms with Gasteiger partial charge in [0, 0.05) is 24.1 Å². The molecule has 0 saturated carbocycles. The highest BCUT2D eigenvalue weighted by Gasteiger charge is 2.14. The number of aromatic nitrogens is 2. The van der Waals surface area contributed by atoms with Gasteiger partial charge in [-0.15, -0.1) is 0 Å². The standard InChI is InChI=1S/C12H18N2O3/c1-4-9-8(6-12(15)16)10(5-2)14-11(13-9)7-17-3/h4-7H2,1-3H3,(H,15,16). The molecule has 5 heteroatoms. The first-order valence-corrected chi connectivity index (χ1v) is 5.70. The molecule has 0 aliphatic carbocycles. The van der Waals surface area contributed by atoms with E-state index in [1.807, 2.05) is 13.8 Å². The number of aryl methyl sites for hydroxylation is 2. The van der Waals surface area contributed by atoms with E-state index in [9.17, 15) is 4.79 Å². The number of nitrogens with zero attached hydrogens (tertiary/aromatic N) is 2. The van der Waals surface area contributed by atoms with E-state index in [0.717, 1.165) is 17.0 Å². The van der Waals surface area contributed by atoms with Crippen molar-refractivity contribution in [1.82, 2.24) is 9.97 Å². The van der Waals surface area contributed by atoms with Gasteiger partial charge in [0.25, 0.3) is 0 Å². The quantitative estimate of drug-likeness (QED) is 0.810. The number of aliphatic carboxylic acids is 1. The van der Waals surface area contributed by atoms with E-state index in [0.29, 0.717) is 25.3 Å². The molecule has 0 saturated heterocycles. The van der Waals surface area contributed by atoms with Crippen LogP contribution in [0, 0.1) is 0 Å². The first kappa shape index (κ1) is 13.6. The Hall–Kier alpha value is -1.49. The molecule has 5 nitrogen and oxygen atoms in total. The fraction of sp³-hybridized carbons (Fsp3) is 0.583. The first-order chi connectivity index (χ1) is 8.12. The van der Waals surface area contributed by atoms with Crippen molar-refractivity contribution < 1.29 is 14.6 Å². The van der Waals surface area contributed by atoms with Gasteiger partial charge in [0.2, 0.25) is 0 Å². The molecule has 17 heavy (non-hydrogen) atoms. The fourth-order valence-corrected chi connectivity index (χ4v) is 1.77. The number of carbonyl (C=O) groups is 1. The van der Waals surface area contributed by atoms with Gasteiger partial charge in [0.1, 0.15) is 6.61 Å². The van der Waals surface area contributed by atoms with E-state index in [1.165, 1.54) is 0 Å². The number of rotatable bonds is 6. The smallest absolute Gasteiger partial charge is 0.307 e. The van der Waals surface area contributed by atoms with Gasteiger partial charge >= 0.3 is 5.97 Å². The molecule has 0 aliphatic heterocycles. The summed E-state index contributed by atoms with van der Waals surface area (Å²) in [5.74, 6) is -0.229. The van der Waals surface area contributed by atoms with Crippen molar-refractivity contribution in [3.63, 3.8) is 0 Å². The van der Waals surface area contributed by atoms with Crippen molar-refractivity contribution in [2.24, 2.45) is 0 Å². The van der Waals surface area contributed by atoms with Gasteiger partial charge in [-0.05, 0) is 12.8 Å². The summed E-state index contributed by atoms with van der Waals surface area (Å²) < 4.78 is 5.01. The van der Waals surface area contributed by atoms with Crippen molar-refractivity contribution in [3.05, 3.63) is 22.8 Å². The average Bonchev–Trinajstić information content (AvgIpc) is 2.30. The number of hydrogen-bond acceptors (Lipinski definition) is 4. The Kier molecular flexibility index (Phi) is 5.03. The lowest BCUT2D eigenvalue weighted by Crippen LogP contribution is -2.13. The van der Waals surface area contributed by atoms with Gasteiger partial charge in [0.15, 0.2) is 5.82 Å². The Labute approximate surface area is 101 Å². The second-order valence-electron chi connectivity index (χ2n) is 3.72. The second kappa shape index (κ2) is 6.30. The van der Waals surface area contributed by atoms with Crippen molar-refractivity contribution in [3.8, 4) is 0 Å². The van der Waals surface area contributed by atoms with Gasteiger partial charge in [-0.1, -0.05) is 13.8 Å². The molecule has 0 fully saturated rings. The zero-order valence-corrected chi connectivity index (χ0v) is 10.5. The third-order valence-corrected chi connectivity index (χ3v) is 2.50. The fourth-order valence-electron chi connectivity index (χ4n) is 1.77. The molecular weight excluding hydrogens is 220 g/mol. The number of methoxy groups -OCH3 is 1. The van der Waals surface area contributed by atoms with Crippen LogP contribution in [0.3, 0.4) is 0 Å². The van der Waals surface area contributed by atoms with E-state index in [4.69, 9.17) is 9.84 Å². The third kappa shape index (κ3) is 3.49. The van der Waals surface area contributed by atoms with Crippen LogP contribution >= 0.6 is 0 Å². The number of carboxylic acid groups (broad SMARTS) is 1. The minimum absolute atomic E-state index is 0.0143. The van der Waals surface area contributed by atoms with Gasteiger partial charge < -0.3 is 9.84 Å². The normalized spacial score (nSPS) is 10.5. The maximum absolute atomic E-state index is 10.8. The molecule has 1 heterocycles. The molecule has 0 aliphatic rings. The third-order valence-electron chi connectivity index (χ3n) is 2.50. The summed E-state index contributed by atoms with van der Waals surface area (Å²) in [4.78, 5) is 19.5. The lowest BCUT2D eigenvalue weighted by Gasteiger charge is -2.12. The van der Waals surface area contributed by atoms with Crippen molar-refractivity contribution in [1.29, 1.82) is 0 Å². The summed E-state index contributed by atoms with van der Waals surface area (Å²) in [5.41, 5.74) is 2.37. The topological polar surface area (TPSA) is 72.3 Å². The predicted octanol–water partition coefficient (Wildman–Crippen LogP) is 1.37. The Bertz CT molecular complexity index is 380. The summed E-state index contributed by atoms with van der Waals surface area (Å²) in [6, 6.07) is 0. The van der Waals surface area contributed by atoms with Crippen molar-refractivity contribution in [2.45, 2.75) is 39.7 Å². The summed E-state index contributed by atoms with van der Waals surface area (Å²) >= 11 is 0. The molecule has 0 amide bonds. The molecule has 0 bridgehead atoms. The van der Waals surface area contributed by atoms with Crippen molar-refractivity contribution in [2.75, 3.05) is 7.11 Å². The van der Waals surface area contributed by atoms with Crippen LogP contribution in [-0.2, 0) is 35.4 Å². The van der Waals surface area contributed by atoms with E-state index >= 15 is 0 Å². The summed E-state index contributed by atoms with van der Waals surface area (Å²) in [7, 11) is 1.59. The SMILES string of the molecule is CCc1nc(COC)nc(CC)c1CC(=O)O. The largest absolute Gasteiger partial charge is 0.481 e. The lowest BCUT2D eigenvalue weighted by molar-refractivity contribution is -0.136. The second-order valence-corrected chi connectivity index (χ2v) is 3.72. The highest BCUT2D eigenvalue weighted by atomic mass is 16.5. The molecule has 1 N–H and O–H groups in total. The molecule has 0 spiro atoms. The zero-order valence-electron chi connectivity index (χ0n) is 10.5. The molecular formula is C12H18N2O3. The minimum atomic E-state index is -0.850. The van der Waals surface area contributed by atoms with Crippen LogP contribution in [0.25, 0.3) is 0 Å². The number of hydrogen-bond donors (Lipinski definition) is 1. The molecule has 0 unspecified atom stereocenters. The summed E-state index contributed by atoms with van der Waals surface area (Å²) in [5, 5.41) is 8.90. The van der Waals surface area contributed by atoms with Crippen LogP contribution in [0.15, 0.2) is 0 Å². The van der Waals surface area contributed by atoms with E-state index < -0.39 is 5.97 Å². The molecule has 0 atom stereocenters. The van der Waals surface area contributed by atoms with Gasteiger partial charge in [-0.25, -0.2) is 9.97 Å². The summed E-state index contributed by atoms with van der Waals surface area (Å²) in [6.07, 6.45) is 1.39. The number of ether oxygens (including phenoxy) is 1. The Balaban J connectivity index is 3.20. The Morgan fingerprint density at radius 2 is 1.76 bits per heavy atom. The van der Waals surface area contributed by atoms with Crippen LogP contribution in [0.1, 0.15) is 36.6 Å². The van der Waals surface area contributed by atoms with Gasteiger partial charge in [0.05, 0.1) is 6.42 Å². The zero-order chi connectivity index (χ0) is 12.8. The summed E-state index contributed by atoms with van der Waals surface area (Å²) in [6.45, 7) is 4.28. The Morgan fingerprint density at radius 3 is 2.12 bits per heavy atom. The van der Waals surface area contributed by atoms with E-state index in [1.54, 1.807) is 7.11 Å². The number of carboxylic acids is 1. The minimum Gasteiger partial charge on any atom is -0.481 e. The Morgan fingerprint density at radius 1 is 1.24 bits per heavy atom. The maximum Gasteiger partial charge on any atom is 0.307 e. The van der Waals surface area contributed by atoms with Crippen LogP contribution in [0.4, 0.5) is 0 Å². The van der Waals surface area contributed by atoms with Crippen LogP contribution in [-0.4, -0.2) is 28.2 Å². The molecule has 1 aromatic rings. The first-order valence-electron chi connectivity index (χ1n) is 5.70. The molecule has 0 radical (unpaired) electrons. The maximum atomic E-state index is 10.8. The van der Waals surface area contributed by atoms with Gasteiger partial charge in [-0.2, -0.15) is 0 Å². The molecule has 94 valence electrons. The molecule has 0 aromatic carbocycles. The predicted molar refractivity (Wildman–Crippen MR) is 62.8 cm³/mol. The average molecular weight is 238 g/mol. The van der Waals surface area contributed by atoms with Crippen LogP contribution < -0.4 is 0 Å². The lowest BCUT2D eigenvalue weighted by atomic mass is 10.0. The van der Waals surface area contributed by atoms with Gasteiger partial charge in [-0.3, -0.25) is 4.79 Å². The molecule has 1 rings (SSSR count). The van der Waals surface area contributed by atoms with Crippen molar-refractivity contribution >= 4 is 5.97 Å².